The Morgan fingerprint density at radius 1 is 1.30 bits per heavy atom. The topological polar surface area (TPSA) is 25.8 Å². The largest absolute Gasteiger partial charge is 0.155 e. The van der Waals surface area contributed by atoms with Gasteiger partial charge in [0.1, 0.15) is 0 Å². The number of aromatic nitrogens is 2. The van der Waals surface area contributed by atoms with Gasteiger partial charge in [-0.3, -0.25) is 0 Å². The van der Waals surface area contributed by atoms with Crippen molar-refractivity contribution in [3.05, 3.63) is 23.0 Å². The summed E-state index contributed by atoms with van der Waals surface area (Å²) in [6, 6.07) is 2.09. The van der Waals surface area contributed by atoms with E-state index < -0.39 is 0 Å². The highest BCUT2D eigenvalue weighted by atomic mass is 15.1. The Morgan fingerprint density at radius 2 is 2.00 bits per heavy atom. The molecule has 0 aliphatic carbocycles. The first-order chi connectivity index (χ1) is 4.74. The van der Waals surface area contributed by atoms with Gasteiger partial charge in [0.2, 0.25) is 0 Å². The molecule has 10 heavy (non-hydrogen) atoms. The Labute approximate surface area is 61.3 Å². The lowest BCUT2D eigenvalue weighted by Gasteiger charge is -1.98. The smallest absolute Gasteiger partial charge is 0.0631 e. The summed E-state index contributed by atoms with van der Waals surface area (Å²) in [5, 5.41) is 8.01. The number of rotatable bonds is 1. The van der Waals surface area contributed by atoms with Gasteiger partial charge in [-0.15, -0.1) is 0 Å². The number of nitrogens with zero attached hydrogens (tertiary/aromatic N) is 2. The molecular formula is C8H12N2. The molecular weight excluding hydrogens is 124 g/mol. The van der Waals surface area contributed by atoms with Crippen molar-refractivity contribution in [3.8, 4) is 0 Å². The van der Waals surface area contributed by atoms with Gasteiger partial charge < -0.3 is 0 Å². The fourth-order valence-corrected chi connectivity index (χ4v) is 0.774. The lowest BCUT2D eigenvalue weighted by Crippen LogP contribution is -1.95. The molecule has 0 radical (unpaired) electrons. The van der Waals surface area contributed by atoms with E-state index >= 15 is 0 Å². The second-order valence-electron chi connectivity index (χ2n) is 2.46. The average Bonchev–Trinajstić information content (AvgIpc) is 1.95. The molecule has 54 valence electrons. The Kier molecular flexibility index (Phi) is 2.00. The highest BCUT2D eigenvalue weighted by Crippen LogP contribution is 2.03. The molecule has 1 rings (SSSR count). The maximum Gasteiger partial charge on any atom is 0.0631 e. The predicted octanol–water partition coefficient (Wildman–Crippen LogP) is 1.66. The summed E-state index contributed by atoms with van der Waals surface area (Å²) < 4.78 is 0. The first kappa shape index (κ1) is 7.19. The van der Waals surface area contributed by atoms with E-state index in [9.17, 15) is 0 Å². The van der Waals surface area contributed by atoms with Gasteiger partial charge in [0.25, 0.3) is 0 Å². The highest BCUT2D eigenvalue weighted by molar-refractivity contribution is 5.17. The first-order valence-corrected chi connectivity index (χ1v) is 3.54. The van der Waals surface area contributed by atoms with Crippen LogP contribution in [0.1, 0.15) is 23.9 Å². The summed E-state index contributed by atoms with van der Waals surface area (Å²) in [6.45, 7) is 6.11. The van der Waals surface area contributed by atoms with Crippen LogP contribution in [0.15, 0.2) is 6.07 Å². The number of aryl methyl sites for hydroxylation is 3. The third-order valence-corrected chi connectivity index (χ3v) is 1.64. The lowest BCUT2D eigenvalue weighted by molar-refractivity contribution is 0.880. The van der Waals surface area contributed by atoms with Crippen molar-refractivity contribution in [2.75, 3.05) is 0 Å². The molecule has 0 atom stereocenters. The maximum absolute atomic E-state index is 4.01. The molecule has 2 nitrogen and oxygen atoms in total. The van der Waals surface area contributed by atoms with Gasteiger partial charge in [-0.1, -0.05) is 6.92 Å². The van der Waals surface area contributed by atoms with E-state index in [-0.39, 0.29) is 0 Å². The Bertz CT molecular complexity index is 231. The molecule has 0 saturated carbocycles. The average molecular weight is 136 g/mol. The quantitative estimate of drug-likeness (QED) is 0.586. The van der Waals surface area contributed by atoms with Crippen molar-refractivity contribution in [2.24, 2.45) is 0 Å². The van der Waals surface area contributed by atoms with Crippen LogP contribution in [0.25, 0.3) is 0 Å². The summed E-state index contributed by atoms with van der Waals surface area (Å²) in [5.41, 5.74) is 3.33. The fraction of sp³-hybridized carbons (Fsp3) is 0.500. The standard InChI is InChI=1S/C8H12N2/c1-4-8-5-6(2)7(3)9-10-8/h5H,4H2,1-3H3. The number of hydrogen-bond donors (Lipinski definition) is 0. The van der Waals surface area contributed by atoms with Gasteiger partial charge in [0, 0.05) is 0 Å². The molecule has 0 amide bonds. The first-order valence-electron chi connectivity index (χ1n) is 3.54. The van der Waals surface area contributed by atoms with Gasteiger partial charge in [0.15, 0.2) is 0 Å². The van der Waals surface area contributed by atoms with E-state index in [4.69, 9.17) is 0 Å². The fourth-order valence-electron chi connectivity index (χ4n) is 0.774. The molecule has 0 unspecified atom stereocenters. The van der Waals surface area contributed by atoms with E-state index in [1.165, 1.54) is 5.56 Å². The van der Waals surface area contributed by atoms with Crippen molar-refractivity contribution < 1.29 is 0 Å². The zero-order valence-electron chi connectivity index (χ0n) is 6.68. The van der Waals surface area contributed by atoms with Crippen molar-refractivity contribution in [1.82, 2.24) is 10.2 Å². The normalized spacial score (nSPS) is 9.90. The van der Waals surface area contributed by atoms with Gasteiger partial charge >= 0.3 is 0 Å². The second-order valence-corrected chi connectivity index (χ2v) is 2.46. The summed E-state index contributed by atoms with van der Waals surface area (Å²) in [6.07, 6.45) is 0.966. The second kappa shape index (κ2) is 2.78. The van der Waals surface area contributed by atoms with E-state index in [0.29, 0.717) is 0 Å². The van der Waals surface area contributed by atoms with Crippen LogP contribution in [0, 0.1) is 13.8 Å². The van der Waals surface area contributed by atoms with Crippen molar-refractivity contribution in [3.63, 3.8) is 0 Å². The number of hydrogen-bond acceptors (Lipinski definition) is 2. The van der Waals surface area contributed by atoms with Crippen LogP contribution in [-0.2, 0) is 6.42 Å². The summed E-state index contributed by atoms with van der Waals surface area (Å²) >= 11 is 0. The van der Waals surface area contributed by atoms with E-state index in [0.717, 1.165) is 17.8 Å². The maximum atomic E-state index is 4.01. The van der Waals surface area contributed by atoms with Crippen LogP contribution in [0.5, 0.6) is 0 Å². The molecule has 0 aliphatic heterocycles. The van der Waals surface area contributed by atoms with Crippen molar-refractivity contribution in [1.29, 1.82) is 0 Å². The van der Waals surface area contributed by atoms with Crippen LogP contribution in [0.4, 0.5) is 0 Å². The lowest BCUT2D eigenvalue weighted by atomic mass is 10.2. The summed E-state index contributed by atoms with van der Waals surface area (Å²) in [4.78, 5) is 0. The van der Waals surface area contributed by atoms with Crippen molar-refractivity contribution in [2.45, 2.75) is 27.2 Å². The van der Waals surface area contributed by atoms with Crippen LogP contribution < -0.4 is 0 Å². The monoisotopic (exact) mass is 136 g/mol. The van der Waals surface area contributed by atoms with Crippen LogP contribution >= 0.6 is 0 Å². The molecule has 0 aromatic carbocycles. The minimum absolute atomic E-state index is 0.966. The van der Waals surface area contributed by atoms with Crippen LogP contribution in [-0.4, -0.2) is 10.2 Å². The highest BCUT2D eigenvalue weighted by Gasteiger charge is 1.95. The minimum Gasteiger partial charge on any atom is -0.155 e. The molecule has 0 bridgehead atoms. The van der Waals surface area contributed by atoms with Crippen LogP contribution in [0.3, 0.4) is 0 Å². The van der Waals surface area contributed by atoms with Gasteiger partial charge in [-0.05, 0) is 31.9 Å². The molecule has 1 aromatic rings. The Hall–Kier alpha value is -0.920. The van der Waals surface area contributed by atoms with Gasteiger partial charge in [0.05, 0.1) is 11.4 Å². The van der Waals surface area contributed by atoms with E-state index in [1.807, 2.05) is 6.92 Å². The van der Waals surface area contributed by atoms with E-state index in [2.05, 4.69) is 30.1 Å². The molecule has 0 spiro atoms. The Morgan fingerprint density at radius 3 is 2.50 bits per heavy atom. The third kappa shape index (κ3) is 1.32. The van der Waals surface area contributed by atoms with Gasteiger partial charge in [-0.25, -0.2) is 0 Å². The summed E-state index contributed by atoms with van der Waals surface area (Å²) in [7, 11) is 0. The zero-order valence-corrected chi connectivity index (χ0v) is 6.68. The third-order valence-electron chi connectivity index (χ3n) is 1.64. The molecule has 0 aliphatic rings. The molecule has 1 aromatic heterocycles. The van der Waals surface area contributed by atoms with Gasteiger partial charge in [-0.2, -0.15) is 10.2 Å². The van der Waals surface area contributed by atoms with Crippen LogP contribution in [0.2, 0.25) is 0 Å². The predicted molar refractivity (Wildman–Crippen MR) is 40.9 cm³/mol. The zero-order chi connectivity index (χ0) is 7.56. The molecule has 0 N–H and O–H groups in total. The van der Waals surface area contributed by atoms with Crippen molar-refractivity contribution >= 4 is 0 Å². The molecule has 0 saturated heterocycles. The van der Waals surface area contributed by atoms with E-state index in [1.54, 1.807) is 0 Å². The molecule has 1 heterocycles. The minimum atomic E-state index is 0.966. The Balaban J connectivity index is 3.04. The SMILES string of the molecule is CCc1cc(C)c(C)nn1. The molecule has 2 heteroatoms. The summed E-state index contributed by atoms with van der Waals surface area (Å²) in [5.74, 6) is 0. The molecule has 0 fully saturated rings.